The lowest BCUT2D eigenvalue weighted by atomic mass is 10.2. The van der Waals surface area contributed by atoms with Crippen LogP contribution in [0.3, 0.4) is 0 Å². The van der Waals surface area contributed by atoms with Crippen molar-refractivity contribution < 1.29 is 14.5 Å². The number of nitrogens with zero attached hydrogens (tertiary/aromatic N) is 1. The summed E-state index contributed by atoms with van der Waals surface area (Å²) in [5.41, 5.74) is 0.250. The molecule has 0 saturated heterocycles. The van der Waals surface area contributed by atoms with Crippen molar-refractivity contribution in [1.29, 1.82) is 0 Å². The number of allylic oxidation sites excluding steroid dienone is 1. The number of rotatable bonds is 4. The minimum Gasteiger partial charge on any atom is -0.458 e. The number of carbonyl (C=O) groups is 1. The van der Waals surface area contributed by atoms with Crippen LogP contribution in [0.25, 0.3) is 0 Å². The Morgan fingerprint density at radius 2 is 2.06 bits per heavy atom. The van der Waals surface area contributed by atoms with Gasteiger partial charge in [-0.3, -0.25) is 10.1 Å². The molecule has 84 valence electrons. The van der Waals surface area contributed by atoms with Crippen molar-refractivity contribution >= 4 is 11.7 Å². The zero-order chi connectivity index (χ0) is 12.0. The van der Waals surface area contributed by atoms with Crippen molar-refractivity contribution in [2.75, 3.05) is 6.61 Å². The minimum absolute atomic E-state index is 0.0509. The summed E-state index contributed by atoms with van der Waals surface area (Å²) in [6.07, 6.45) is 3.46. The number of ether oxygens (including phenoxy) is 1. The first-order valence-corrected chi connectivity index (χ1v) is 4.68. The number of hydrogen-bond acceptors (Lipinski definition) is 4. The van der Waals surface area contributed by atoms with Crippen LogP contribution in [0.15, 0.2) is 36.4 Å². The van der Waals surface area contributed by atoms with Crippen LogP contribution in [0.4, 0.5) is 5.69 Å². The Kier molecular flexibility index (Phi) is 4.20. The van der Waals surface area contributed by atoms with Gasteiger partial charge in [0.1, 0.15) is 6.61 Å². The lowest BCUT2D eigenvalue weighted by Crippen LogP contribution is -2.04. The molecule has 5 nitrogen and oxygen atoms in total. The Bertz CT molecular complexity index is 408. The van der Waals surface area contributed by atoms with Crippen LogP contribution in [0.1, 0.15) is 17.3 Å². The predicted octanol–water partition coefficient (Wildman–Crippen LogP) is 2.33. The quantitative estimate of drug-likeness (QED) is 0.338. The number of non-ortho nitro benzene ring substituents is 1. The molecule has 0 radical (unpaired) electrons. The first kappa shape index (κ1) is 11.9. The topological polar surface area (TPSA) is 69.4 Å². The maximum atomic E-state index is 11.4. The number of carbonyl (C=O) groups excluding carboxylic acids is 1. The number of hydrogen-bond donors (Lipinski definition) is 0. The second kappa shape index (κ2) is 5.65. The number of nitro groups is 1. The highest BCUT2D eigenvalue weighted by Crippen LogP contribution is 2.12. The van der Waals surface area contributed by atoms with Gasteiger partial charge in [0.25, 0.3) is 5.69 Å². The third-order valence-corrected chi connectivity index (χ3v) is 1.86. The Hall–Kier alpha value is -2.17. The molecule has 0 N–H and O–H groups in total. The Morgan fingerprint density at radius 1 is 1.44 bits per heavy atom. The van der Waals surface area contributed by atoms with Gasteiger partial charge in [-0.25, -0.2) is 4.79 Å². The Morgan fingerprint density at radius 3 is 2.56 bits per heavy atom. The fourth-order valence-electron chi connectivity index (χ4n) is 1.02. The van der Waals surface area contributed by atoms with Crippen LogP contribution in [0.5, 0.6) is 0 Å². The summed E-state index contributed by atoms with van der Waals surface area (Å²) in [5.74, 6) is -0.493. The van der Waals surface area contributed by atoms with E-state index in [2.05, 4.69) is 0 Å². The van der Waals surface area contributed by atoms with Crippen molar-refractivity contribution in [1.82, 2.24) is 0 Å². The van der Waals surface area contributed by atoms with Crippen molar-refractivity contribution in [2.24, 2.45) is 0 Å². The minimum atomic E-state index is -0.519. The summed E-state index contributed by atoms with van der Waals surface area (Å²) < 4.78 is 4.87. The molecule has 1 rings (SSSR count). The van der Waals surface area contributed by atoms with E-state index in [-0.39, 0.29) is 12.3 Å². The maximum absolute atomic E-state index is 11.4. The molecule has 0 aliphatic carbocycles. The van der Waals surface area contributed by atoms with Crippen molar-refractivity contribution in [3.63, 3.8) is 0 Å². The smallest absolute Gasteiger partial charge is 0.338 e. The highest BCUT2D eigenvalue weighted by atomic mass is 16.6. The summed E-state index contributed by atoms with van der Waals surface area (Å²) in [6.45, 7) is 2.02. The molecule has 16 heavy (non-hydrogen) atoms. The summed E-state index contributed by atoms with van der Waals surface area (Å²) in [7, 11) is 0. The fraction of sp³-hybridized carbons (Fsp3) is 0.182. The lowest BCUT2D eigenvalue weighted by molar-refractivity contribution is -0.384. The van der Waals surface area contributed by atoms with E-state index in [1.54, 1.807) is 12.2 Å². The Labute approximate surface area is 92.5 Å². The van der Waals surface area contributed by atoms with Crippen LogP contribution in [-0.2, 0) is 4.74 Å². The molecule has 0 aliphatic rings. The lowest BCUT2D eigenvalue weighted by Gasteiger charge is -2.01. The summed E-state index contributed by atoms with van der Waals surface area (Å²) >= 11 is 0. The molecule has 0 aliphatic heterocycles. The SMILES string of the molecule is C/C=C/COC(=O)c1ccc([N+](=O)[O-])cc1. The zero-order valence-corrected chi connectivity index (χ0v) is 8.75. The van der Waals surface area contributed by atoms with Crippen molar-refractivity contribution in [3.8, 4) is 0 Å². The van der Waals surface area contributed by atoms with Crippen LogP contribution in [-0.4, -0.2) is 17.5 Å². The van der Waals surface area contributed by atoms with Gasteiger partial charge < -0.3 is 4.74 Å². The summed E-state index contributed by atoms with van der Waals surface area (Å²) in [4.78, 5) is 21.2. The van der Waals surface area contributed by atoms with Crippen LogP contribution < -0.4 is 0 Å². The highest BCUT2D eigenvalue weighted by molar-refractivity contribution is 5.89. The molecule has 0 spiro atoms. The Balaban J connectivity index is 2.66. The number of esters is 1. The van der Waals surface area contributed by atoms with Gasteiger partial charge in [-0.2, -0.15) is 0 Å². The monoisotopic (exact) mass is 221 g/mol. The zero-order valence-electron chi connectivity index (χ0n) is 8.75. The van der Waals surface area contributed by atoms with Crippen LogP contribution >= 0.6 is 0 Å². The average molecular weight is 221 g/mol. The van der Waals surface area contributed by atoms with E-state index in [0.717, 1.165) is 0 Å². The van der Waals surface area contributed by atoms with Gasteiger partial charge in [0, 0.05) is 12.1 Å². The van der Waals surface area contributed by atoms with Gasteiger partial charge in [0.2, 0.25) is 0 Å². The molecule has 1 aromatic carbocycles. The number of nitro benzene ring substituents is 1. The van der Waals surface area contributed by atoms with Crippen LogP contribution in [0.2, 0.25) is 0 Å². The molecular weight excluding hydrogens is 210 g/mol. The predicted molar refractivity (Wildman–Crippen MR) is 58.2 cm³/mol. The second-order valence-corrected chi connectivity index (χ2v) is 2.97. The normalized spacial score (nSPS) is 10.3. The van der Waals surface area contributed by atoms with Gasteiger partial charge in [0.05, 0.1) is 10.5 Å². The molecule has 0 atom stereocenters. The van der Waals surface area contributed by atoms with Gasteiger partial charge >= 0.3 is 5.97 Å². The molecule has 0 bridgehead atoms. The second-order valence-electron chi connectivity index (χ2n) is 2.97. The van der Waals surface area contributed by atoms with E-state index in [4.69, 9.17) is 4.74 Å². The molecule has 0 amide bonds. The van der Waals surface area contributed by atoms with E-state index in [1.165, 1.54) is 24.3 Å². The van der Waals surface area contributed by atoms with E-state index in [1.807, 2.05) is 6.92 Å². The molecule has 0 saturated carbocycles. The summed E-state index contributed by atoms with van der Waals surface area (Å²) in [6, 6.07) is 5.28. The van der Waals surface area contributed by atoms with Gasteiger partial charge in [0.15, 0.2) is 0 Å². The largest absolute Gasteiger partial charge is 0.458 e. The molecule has 0 aromatic heterocycles. The first-order chi connectivity index (χ1) is 7.65. The first-order valence-electron chi connectivity index (χ1n) is 4.68. The average Bonchev–Trinajstić information content (AvgIpc) is 2.29. The van der Waals surface area contributed by atoms with Gasteiger partial charge in [-0.1, -0.05) is 12.2 Å². The third-order valence-electron chi connectivity index (χ3n) is 1.86. The van der Waals surface area contributed by atoms with E-state index in [9.17, 15) is 14.9 Å². The molecule has 1 aromatic rings. The van der Waals surface area contributed by atoms with E-state index < -0.39 is 10.9 Å². The number of benzene rings is 1. The fourth-order valence-corrected chi connectivity index (χ4v) is 1.02. The highest BCUT2D eigenvalue weighted by Gasteiger charge is 2.09. The van der Waals surface area contributed by atoms with Crippen molar-refractivity contribution in [3.05, 3.63) is 52.1 Å². The van der Waals surface area contributed by atoms with E-state index >= 15 is 0 Å². The molecule has 0 fully saturated rings. The van der Waals surface area contributed by atoms with E-state index in [0.29, 0.717) is 5.56 Å². The maximum Gasteiger partial charge on any atom is 0.338 e. The molecule has 0 heterocycles. The molecule has 0 unspecified atom stereocenters. The van der Waals surface area contributed by atoms with Crippen molar-refractivity contribution in [2.45, 2.75) is 6.92 Å². The van der Waals surface area contributed by atoms with Crippen LogP contribution in [0, 0.1) is 10.1 Å². The molecular formula is C11H11NO4. The van der Waals surface area contributed by atoms with Gasteiger partial charge in [-0.15, -0.1) is 0 Å². The van der Waals surface area contributed by atoms with Gasteiger partial charge in [-0.05, 0) is 19.1 Å². The summed E-state index contributed by atoms with van der Waals surface area (Å²) in [5, 5.41) is 10.4. The standard InChI is InChI=1S/C11H11NO4/c1-2-3-8-16-11(13)9-4-6-10(7-5-9)12(14)15/h2-7H,8H2,1H3/b3-2+. The molecule has 5 heteroatoms. The third kappa shape index (κ3) is 3.20.